The van der Waals surface area contributed by atoms with E-state index in [-0.39, 0.29) is 4.90 Å². The first-order valence-corrected chi connectivity index (χ1v) is 8.83. The van der Waals surface area contributed by atoms with Gasteiger partial charge in [0.1, 0.15) is 5.82 Å². The maximum Gasteiger partial charge on any atom is 0.261 e. The molecule has 1 fully saturated rings. The number of pyridine rings is 1. The van der Waals surface area contributed by atoms with Crippen LogP contribution in [0.1, 0.15) is 18.4 Å². The summed E-state index contributed by atoms with van der Waals surface area (Å²) in [5.41, 5.74) is 1.38. The molecule has 1 N–H and O–H groups in total. The van der Waals surface area contributed by atoms with Gasteiger partial charge >= 0.3 is 0 Å². The Morgan fingerprint density at radius 2 is 1.91 bits per heavy atom. The normalized spacial score (nSPS) is 15.0. The van der Waals surface area contributed by atoms with Gasteiger partial charge in [-0.2, -0.15) is 0 Å². The lowest BCUT2D eigenvalue weighted by atomic mass is 10.2. The quantitative estimate of drug-likeness (QED) is 0.942. The van der Waals surface area contributed by atoms with Gasteiger partial charge in [0, 0.05) is 13.1 Å². The smallest absolute Gasteiger partial charge is 0.261 e. The van der Waals surface area contributed by atoms with Crippen LogP contribution in [-0.2, 0) is 10.0 Å². The molecule has 0 aliphatic carbocycles. The second-order valence-corrected chi connectivity index (χ2v) is 7.20. The van der Waals surface area contributed by atoms with Crippen molar-refractivity contribution in [1.29, 1.82) is 0 Å². The highest BCUT2D eigenvalue weighted by Crippen LogP contribution is 2.21. The molecule has 1 saturated heterocycles. The zero-order valence-corrected chi connectivity index (χ0v) is 13.3. The summed E-state index contributed by atoms with van der Waals surface area (Å²) in [6, 6.07) is 10.5. The van der Waals surface area contributed by atoms with Crippen LogP contribution in [0.2, 0.25) is 0 Å². The zero-order valence-electron chi connectivity index (χ0n) is 12.5. The highest BCUT2D eigenvalue weighted by molar-refractivity contribution is 7.92. The van der Waals surface area contributed by atoms with Crippen LogP contribution >= 0.6 is 0 Å². The largest absolute Gasteiger partial charge is 0.357 e. The van der Waals surface area contributed by atoms with E-state index in [4.69, 9.17) is 0 Å². The lowest BCUT2D eigenvalue weighted by Gasteiger charge is -2.16. The number of nitrogens with one attached hydrogen (secondary N) is 1. The van der Waals surface area contributed by atoms with E-state index in [1.54, 1.807) is 30.5 Å². The summed E-state index contributed by atoms with van der Waals surface area (Å²) < 4.78 is 27.3. The van der Waals surface area contributed by atoms with Crippen molar-refractivity contribution in [2.45, 2.75) is 24.7 Å². The highest BCUT2D eigenvalue weighted by atomic mass is 32.2. The van der Waals surface area contributed by atoms with Gasteiger partial charge in [-0.15, -0.1) is 0 Å². The molecule has 0 unspecified atom stereocenters. The molecule has 1 aliphatic rings. The van der Waals surface area contributed by atoms with Crippen LogP contribution in [0, 0.1) is 6.92 Å². The molecule has 0 spiro atoms. The molecular weight excluding hydrogens is 298 g/mol. The lowest BCUT2D eigenvalue weighted by molar-refractivity contribution is 0.601. The molecule has 5 nitrogen and oxygen atoms in total. The van der Waals surface area contributed by atoms with Gasteiger partial charge in [-0.1, -0.05) is 12.1 Å². The number of aromatic nitrogens is 1. The van der Waals surface area contributed by atoms with E-state index in [1.807, 2.05) is 19.1 Å². The van der Waals surface area contributed by atoms with Gasteiger partial charge in [-0.3, -0.25) is 4.72 Å². The molecule has 1 aromatic carbocycles. The van der Waals surface area contributed by atoms with Crippen molar-refractivity contribution < 1.29 is 8.42 Å². The van der Waals surface area contributed by atoms with E-state index in [2.05, 4.69) is 14.6 Å². The first-order valence-electron chi connectivity index (χ1n) is 7.35. The van der Waals surface area contributed by atoms with Crippen molar-refractivity contribution in [2.75, 3.05) is 22.7 Å². The number of hydrogen-bond donors (Lipinski definition) is 1. The topological polar surface area (TPSA) is 62.3 Å². The van der Waals surface area contributed by atoms with Crippen LogP contribution in [0.15, 0.2) is 47.5 Å². The fourth-order valence-corrected chi connectivity index (χ4v) is 3.72. The van der Waals surface area contributed by atoms with E-state index in [1.165, 1.54) is 12.8 Å². The van der Waals surface area contributed by atoms with Gasteiger partial charge in [0.05, 0.1) is 16.8 Å². The summed E-state index contributed by atoms with van der Waals surface area (Å²) in [7, 11) is -3.57. The maximum absolute atomic E-state index is 12.3. The van der Waals surface area contributed by atoms with Crippen molar-refractivity contribution in [3.63, 3.8) is 0 Å². The number of rotatable bonds is 4. The Labute approximate surface area is 131 Å². The molecule has 116 valence electrons. The number of sulfonamides is 1. The summed E-state index contributed by atoms with van der Waals surface area (Å²) in [6.45, 7) is 3.90. The first-order chi connectivity index (χ1) is 10.5. The second-order valence-electron chi connectivity index (χ2n) is 5.52. The van der Waals surface area contributed by atoms with Gasteiger partial charge in [0.2, 0.25) is 0 Å². The third-order valence-corrected chi connectivity index (χ3v) is 5.11. The van der Waals surface area contributed by atoms with Crippen LogP contribution < -0.4 is 9.62 Å². The van der Waals surface area contributed by atoms with Crippen LogP contribution in [0.5, 0.6) is 0 Å². The van der Waals surface area contributed by atoms with Gasteiger partial charge in [0.25, 0.3) is 10.0 Å². The fourth-order valence-electron chi connectivity index (χ4n) is 2.58. The zero-order chi connectivity index (χ0) is 15.6. The molecule has 2 heterocycles. The predicted octanol–water partition coefficient (Wildman–Crippen LogP) is 2.79. The van der Waals surface area contributed by atoms with E-state index in [0.29, 0.717) is 5.69 Å². The van der Waals surface area contributed by atoms with E-state index >= 15 is 0 Å². The van der Waals surface area contributed by atoms with Gasteiger partial charge in [-0.25, -0.2) is 13.4 Å². The Morgan fingerprint density at radius 3 is 2.55 bits per heavy atom. The van der Waals surface area contributed by atoms with Crippen LogP contribution in [0.25, 0.3) is 0 Å². The Kier molecular flexibility index (Phi) is 4.02. The molecule has 1 aliphatic heterocycles. The Bertz CT molecular complexity index is 751. The Hall–Kier alpha value is -2.08. The molecular formula is C16H19N3O2S. The number of hydrogen-bond acceptors (Lipinski definition) is 4. The first kappa shape index (κ1) is 14.8. The Balaban J connectivity index is 1.77. The van der Waals surface area contributed by atoms with Crippen molar-refractivity contribution in [2.24, 2.45) is 0 Å². The van der Waals surface area contributed by atoms with Gasteiger partial charge in [0.15, 0.2) is 0 Å². The van der Waals surface area contributed by atoms with Crippen LogP contribution in [0.3, 0.4) is 0 Å². The third kappa shape index (κ3) is 3.22. The predicted molar refractivity (Wildman–Crippen MR) is 87.7 cm³/mol. The van der Waals surface area contributed by atoms with E-state index < -0.39 is 10.0 Å². The average Bonchev–Trinajstić information content (AvgIpc) is 3.02. The van der Waals surface area contributed by atoms with Crippen molar-refractivity contribution in [3.8, 4) is 0 Å². The van der Waals surface area contributed by atoms with Gasteiger partial charge < -0.3 is 4.90 Å². The summed E-state index contributed by atoms with van der Waals surface area (Å²) in [6.07, 6.45) is 3.94. The highest BCUT2D eigenvalue weighted by Gasteiger charge is 2.16. The van der Waals surface area contributed by atoms with Crippen LogP contribution in [0.4, 0.5) is 11.5 Å². The number of nitrogens with zero attached hydrogens (tertiary/aromatic N) is 2. The molecule has 0 saturated carbocycles. The van der Waals surface area contributed by atoms with Crippen LogP contribution in [-0.4, -0.2) is 26.5 Å². The summed E-state index contributed by atoms with van der Waals surface area (Å²) >= 11 is 0. The molecule has 0 bridgehead atoms. The SMILES string of the molecule is Cc1cccc(S(=O)(=O)Nc2ccc(N3CCCC3)nc2)c1. The minimum absolute atomic E-state index is 0.260. The van der Waals surface area contributed by atoms with Crippen molar-refractivity contribution in [1.82, 2.24) is 4.98 Å². The summed E-state index contributed by atoms with van der Waals surface area (Å²) in [4.78, 5) is 6.82. The average molecular weight is 317 g/mol. The fraction of sp³-hybridized carbons (Fsp3) is 0.312. The molecule has 0 radical (unpaired) electrons. The molecule has 6 heteroatoms. The second kappa shape index (κ2) is 5.96. The standard InChI is InChI=1S/C16H19N3O2S/c1-13-5-4-6-15(11-13)22(20,21)18-14-7-8-16(17-12-14)19-9-2-3-10-19/h4-8,11-12,18H,2-3,9-10H2,1H3. The monoisotopic (exact) mass is 317 g/mol. The lowest BCUT2D eigenvalue weighted by Crippen LogP contribution is -2.19. The van der Waals surface area contributed by atoms with Crippen molar-refractivity contribution >= 4 is 21.5 Å². The number of anilines is 2. The van der Waals surface area contributed by atoms with E-state index in [0.717, 1.165) is 24.5 Å². The maximum atomic E-state index is 12.3. The van der Waals surface area contributed by atoms with E-state index in [9.17, 15) is 8.42 Å². The molecule has 3 rings (SSSR count). The number of aryl methyl sites for hydroxylation is 1. The number of benzene rings is 1. The van der Waals surface area contributed by atoms with Gasteiger partial charge in [-0.05, 0) is 49.6 Å². The summed E-state index contributed by atoms with van der Waals surface area (Å²) in [5, 5.41) is 0. The minimum atomic E-state index is -3.57. The summed E-state index contributed by atoms with van der Waals surface area (Å²) in [5.74, 6) is 0.899. The molecule has 22 heavy (non-hydrogen) atoms. The van der Waals surface area contributed by atoms with Crippen molar-refractivity contribution in [3.05, 3.63) is 48.2 Å². The Morgan fingerprint density at radius 1 is 1.14 bits per heavy atom. The molecule has 0 atom stereocenters. The molecule has 0 amide bonds. The molecule has 2 aromatic rings. The minimum Gasteiger partial charge on any atom is -0.357 e. The molecule has 1 aromatic heterocycles. The third-order valence-electron chi connectivity index (χ3n) is 3.73.